The summed E-state index contributed by atoms with van der Waals surface area (Å²) < 4.78 is 5.52. The molecule has 1 aromatic heterocycles. The molecule has 0 radical (unpaired) electrons. The van der Waals surface area contributed by atoms with Crippen molar-refractivity contribution in [3.63, 3.8) is 0 Å². The van der Waals surface area contributed by atoms with Gasteiger partial charge in [-0.25, -0.2) is 0 Å². The summed E-state index contributed by atoms with van der Waals surface area (Å²) in [6, 6.07) is 3.13. The summed E-state index contributed by atoms with van der Waals surface area (Å²) in [5, 5.41) is 12.2. The fourth-order valence-corrected chi connectivity index (χ4v) is 2.53. The number of carbonyl (C=O) groups is 2. The summed E-state index contributed by atoms with van der Waals surface area (Å²) in [5.74, 6) is -1.000. The Labute approximate surface area is 129 Å². The first kappa shape index (κ1) is 16.1. The van der Waals surface area contributed by atoms with Crippen molar-refractivity contribution in [3.05, 3.63) is 35.1 Å². The van der Waals surface area contributed by atoms with Crippen LogP contribution in [0.25, 0.3) is 11.0 Å². The molecule has 0 aliphatic rings. The largest absolute Gasteiger partial charge is 0.480 e. The van der Waals surface area contributed by atoms with Crippen LogP contribution < -0.4 is 5.32 Å². The van der Waals surface area contributed by atoms with E-state index in [2.05, 4.69) is 25.2 Å². The van der Waals surface area contributed by atoms with Gasteiger partial charge in [-0.05, 0) is 43.0 Å². The van der Waals surface area contributed by atoms with Gasteiger partial charge in [-0.15, -0.1) is 0 Å². The van der Waals surface area contributed by atoms with E-state index in [9.17, 15) is 9.59 Å². The Morgan fingerprint density at radius 3 is 2.55 bits per heavy atom. The van der Waals surface area contributed by atoms with E-state index in [0.717, 1.165) is 22.1 Å². The maximum Gasteiger partial charge on any atom is 0.325 e. The minimum atomic E-state index is -1.05. The highest BCUT2D eigenvalue weighted by atomic mass is 16.4. The third kappa shape index (κ3) is 3.30. The van der Waals surface area contributed by atoms with Crippen molar-refractivity contribution in [2.24, 2.45) is 0 Å². The van der Waals surface area contributed by atoms with Gasteiger partial charge in [0, 0.05) is 10.9 Å². The van der Waals surface area contributed by atoms with Gasteiger partial charge >= 0.3 is 5.97 Å². The van der Waals surface area contributed by atoms with Crippen molar-refractivity contribution in [1.82, 2.24) is 5.32 Å². The van der Waals surface area contributed by atoms with Crippen molar-refractivity contribution >= 4 is 22.8 Å². The van der Waals surface area contributed by atoms with Crippen LogP contribution in [0.3, 0.4) is 0 Å². The van der Waals surface area contributed by atoms with E-state index in [0.29, 0.717) is 5.92 Å². The molecule has 5 nitrogen and oxygen atoms in total. The van der Waals surface area contributed by atoms with Gasteiger partial charge in [0.2, 0.25) is 5.91 Å². The molecule has 0 unspecified atom stereocenters. The van der Waals surface area contributed by atoms with E-state index in [1.54, 1.807) is 6.26 Å². The van der Waals surface area contributed by atoms with Crippen LogP contribution in [-0.2, 0) is 16.0 Å². The molecule has 2 aromatic rings. The number of benzene rings is 1. The lowest BCUT2D eigenvalue weighted by molar-refractivity contribution is -0.141. The minimum Gasteiger partial charge on any atom is -0.480 e. The van der Waals surface area contributed by atoms with E-state index in [-0.39, 0.29) is 12.3 Å². The molecule has 0 saturated heterocycles. The predicted octanol–water partition coefficient (Wildman–Crippen LogP) is 3.00. The lowest BCUT2D eigenvalue weighted by Gasteiger charge is -2.10. The number of rotatable bonds is 5. The number of carbonyl (C=O) groups excluding carboxylic acids is 1. The highest BCUT2D eigenvalue weighted by Gasteiger charge is 2.17. The molecule has 1 amide bonds. The summed E-state index contributed by atoms with van der Waals surface area (Å²) in [6.07, 6.45) is 1.67. The second kappa shape index (κ2) is 6.22. The number of aliphatic carboxylic acids is 1. The molecule has 0 fully saturated rings. The van der Waals surface area contributed by atoms with Gasteiger partial charge in [-0.2, -0.15) is 0 Å². The summed E-state index contributed by atoms with van der Waals surface area (Å²) in [5.41, 5.74) is 3.89. The van der Waals surface area contributed by atoms with Crippen LogP contribution in [0.4, 0.5) is 0 Å². The fraction of sp³-hybridized carbons (Fsp3) is 0.412. The monoisotopic (exact) mass is 303 g/mol. The highest BCUT2D eigenvalue weighted by molar-refractivity contribution is 5.90. The van der Waals surface area contributed by atoms with Crippen LogP contribution in [0.15, 0.2) is 22.8 Å². The zero-order valence-corrected chi connectivity index (χ0v) is 13.3. The average Bonchev–Trinajstić information content (AvgIpc) is 2.79. The number of hydrogen-bond donors (Lipinski definition) is 2. The van der Waals surface area contributed by atoms with Gasteiger partial charge in [0.05, 0.1) is 12.7 Å². The van der Waals surface area contributed by atoms with Crippen molar-refractivity contribution < 1.29 is 19.1 Å². The molecule has 0 saturated carbocycles. The Morgan fingerprint density at radius 2 is 1.95 bits per heavy atom. The van der Waals surface area contributed by atoms with Crippen LogP contribution in [0.2, 0.25) is 0 Å². The molecule has 1 aromatic carbocycles. The number of carboxylic acids is 1. The second-order valence-corrected chi connectivity index (χ2v) is 5.92. The molecule has 0 bridgehead atoms. The Bertz CT molecular complexity index is 715. The molecule has 2 rings (SSSR count). The topological polar surface area (TPSA) is 79.5 Å². The van der Waals surface area contributed by atoms with Crippen LogP contribution in [0.5, 0.6) is 0 Å². The summed E-state index contributed by atoms with van der Waals surface area (Å²) in [6.45, 7) is 7.72. The number of fused-ring (bicyclic) bond motifs is 1. The molecule has 0 aliphatic carbocycles. The number of hydrogen-bond acceptors (Lipinski definition) is 3. The first-order valence-corrected chi connectivity index (χ1v) is 7.32. The first-order valence-electron chi connectivity index (χ1n) is 7.32. The SMILES string of the molecule is Cc1cc2occ(CC(=O)N[C@@H](C)C(=O)O)c2cc1C(C)C. The number of furan rings is 1. The van der Waals surface area contributed by atoms with E-state index in [4.69, 9.17) is 9.52 Å². The molecular formula is C17H21NO4. The third-order valence-electron chi connectivity index (χ3n) is 3.76. The number of carboxylic acid groups (broad SMARTS) is 1. The molecule has 0 aliphatic heterocycles. The Kier molecular flexibility index (Phi) is 4.54. The Balaban J connectivity index is 2.27. The smallest absolute Gasteiger partial charge is 0.325 e. The van der Waals surface area contributed by atoms with Gasteiger partial charge in [0.15, 0.2) is 0 Å². The first-order chi connectivity index (χ1) is 10.3. The number of amides is 1. The summed E-state index contributed by atoms with van der Waals surface area (Å²) in [4.78, 5) is 22.7. The van der Waals surface area contributed by atoms with Gasteiger partial charge < -0.3 is 14.8 Å². The number of nitrogens with one attached hydrogen (secondary N) is 1. The van der Waals surface area contributed by atoms with Crippen molar-refractivity contribution in [1.29, 1.82) is 0 Å². The van der Waals surface area contributed by atoms with Crippen molar-refractivity contribution in [3.8, 4) is 0 Å². The maximum atomic E-state index is 11.9. The zero-order valence-electron chi connectivity index (χ0n) is 13.3. The normalized spacial score (nSPS) is 12.6. The van der Waals surface area contributed by atoms with Crippen molar-refractivity contribution in [2.45, 2.75) is 46.1 Å². The van der Waals surface area contributed by atoms with Gasteiger partial charge in [0.1, 0.15) is 11.6 Å². The van der Waals surface area contributed by atoms with Crippen LogP contribution in [-0.4, -0.2) is 23.0 Å². The maximum absolute atomic E-state index is 11.9. The minimum absolute atomic E-state index is 0.102. The molecule has 118 valence electrons. The van der Waals surface area contributed by atoms with E-state index < -0.39 is 12.0 Å². The lowest BCUT2D eigenvalue weighted by atomic mass is 9.95. The quantitative estimate of drug-likeness (QED) is 0.890. The van der Waals surface area contributed by atoms with Gasteiger partial charge in [-0.3, -0.25) is 9.59 Å². The van der Waals surface area contributed by atoms with Gasteiger partial charge in [-0.1, -0.05) is 13.8 Å². The molecule has 2 N–H and O–H groups in total. The van der Waals surface area contributed by atoms with Crippen LogP contribution >= 0.6 is 0 Å². The summed E-state index contributed by atoms with van der Waals surface area (Å²) in [7, 11) is 0. The van der Waals surface area contributed by atoms with E-state index in [1.165, 1.54) is 12.5 Å². The predicted molar refractivity (Wildman–Crippen MR) is 84.0 cm³/mol. The van der Waals surface area contributed by atoms with Crippen molar-refractivity contribution in [2.75, 3.05) is 0 Å². The molecule has 1 heterocycles. The van der Waals surface area contributed by atoms with Crippen LogP contribution in [0.1, 0.15) is 43.4 Å². The Morgan fingerprint density at radius 1 is 1.27 bits per heavy atom. The standard InChI is InChI=1S/C17H21NO4/c1-9(2)13-7-14-12(8-22-15(14)5-10(13)3)6-16(19)18-11(4)17(20)21/h5,7-9,11H,6H2,1-4H3,(H,18,19)(H,20,21)/t11-/m0/s1. The summed E-state index contributed by atoms with van der Waals surface area (Å²) >= 11 is 0. The fourth-order valence-electron chi connectivity index (χ4n) is 2.53. The molecule has 0 spiro atoms. The molecule has 1 atom stereocenters. The Hall–Kier alpha value is -2.30. The van der Waals surface area contributed by atoms with Crippen LogP contribution in [0, 0.1) is 6.92 Å². The van der Waals surface area contributed by atoms with E-state index >= 15 is 0 Å². The average molecular weight is 303 g/mol. The highest BCUT2D eigenvalue weighted by Crippen LogP contribution is 2.29. The number of aryl methyl sites for hydroxylation is 1. The van der Waals surface area contributed by atoms with Gasteiger partial charge in [0.25, 0.3) is 0 Å². The second-order valence-electron chi connectivity index (χ2n) is 5.92. The third-order valence-corrected chi connectivity index (χ3v) is 3.76. The zero-order chi connectivity index (χ0) is 16.4. The lowest BCUT2D eigenvalue weighted by Crippen LogP contribution is -2.39. The molecular weight excluding hydrogens is 282 g/mol. The van der Waals surface area contributed by atoms with E-state index in [1.807, 2.05) is 13.0 Å². The molecule has 22 heavy (non-hydrogen) atoms. The molecule has 5 heteroatoms.